The third kappa shape index (κ3) is 5.55. The van der Waals surface area contributed by atoms with E-state index < -0.39 is 0 Å². The standard InChI is InChI=1S/C23H37N3O/c1-3-25(4-2)23(27)21-11-8-15-26(19-21)22-13-17-24(18-14-22)16-12-20-9-6-5-7-10-20/h5-7,9-10,21-22H,3-4,8,11-19H2,1-2H3. The van der Waals surface area contributed by atoms with E-state index in [-0.39, 0.29) is 5.92 Å². The molecule has 2 fully saturated rings. The fraction of sp³-hybridized carbons (Fsp3) is 0.696. The molecule has 2 aliphatic heterocycles. The number of amides is 1. The molecule has 1 amide bonds. The molecule has 1 unspecified atom stereocenters. The minimum Gasteiger partial charge on any atom is -0.343 e. The van der Waals surface area contributed by atoms with Crippen LogP contribution < -0.4 is 0 Å². The van der Waals surface area contributed by atoms with Crippen molar-refractivity contribution in [2.45, 2.75) is 52.0 Å². The molecule has 0 aliphatic carbocycles. The Kier molecular flexibility index (Phi) is 7.71. The molecule has 1 atom stereocenters. The van der Waals surface area contributed by atoms with Gasteiger partial charge in [0.1, 0.15) is 0 Å². The van der Waals surface area contributed by atoms with E-state index in [1.165, 1.54) is 51.0 Å². The Morgan fingerprint density at radius 2 is 1.74 bits per heavy atom. The lowest BCUT2D eigenvalue weighted by atomic mass is 9.92. The summed E-state index contributed by atoms with van der Waals surface area (Å²) in [7, 11) is 0. The predicted octanol–water partition coefficient (Wildman–Crippen LogP) is 3.27. The lowest BCUT2D eigenvalue weighted by Crippen LogP contribution is -2.51. The number of hydrogen-bond donors (Lipinski definition) is 0. The lowest BCUT2D eigenvalue weighted by molar-refractivity contribution is -0.137. The van der Waals surface area contributed by atoms with Crippen LogP contribution in [-0.4, -0.2) is 72.5 Å². The van der Waals surface area contributed by atoms with Gasteiger partial charge < -0.3 is 9.80 Å². The topological polar surface area (TPSA) is 26.8 Å². The first-order valence-electron chi connectivity index (χ1n) is 11.0. The van der Waals surface area contributed by atoms with E-state index in [0.717, 1.165) is 32.5 Å². The van der Waals surface area contributed by atoms with Gasteiger partial charge in [-0.05, 0) is 71.1 Å². The largest absolute Gasteiger partial charge is 0.343 e. The molecule has 0 saturated carbocycles. The summed E-state index contributed by atoms with van der Waals surface area (Å²) in [6.07, 6.45) is 5.89. The zero-order chi connectivity index (χ0) is 19.1. The molecule has 0 spiro atoms. The van der Waals surface area contributed by atoms with Crippen LogP contribution in [-0.2, 0) is 11.2 Å². The number of nitrogens with zero attached hydrogens (tertiary/aromatic N) is 3. The summed E-state index contributed by atoms with van der Waals surface area (Å²) < 4.78 is 0. The van der Waals surface area contributed by atoms with E-state index in [9.17, 15) is 4.79 Å². The maximum absolute atomic E-state index is 12.8. The van der Waals surface area contributed by atoms with Gasteiger partial charge >= 0.3 is 0 Å². The van der Waals surface area contributed by atoms with Crippen molar-refractivity contribution in [2.75, 3.05) is 45.8 Å². The fourth-order valence-electron chi connectivity index (χ4n) is 4.77. The average molecular weight is 372 g/mol. The van der Waals surface area contributed by atoms with E-state index in [0.29, 0.717) is 11.9 Å². The second-order valence-corrected chi connectivity index (χ2v) is 8.15. The molecular formula is C23H37N3O. The Balaban J connectivity index is 1.44. The number of carbonyl (C=O) groups excluding carboxylic acids is 1. The van der Waals surface area contributed by atoms with E-state index >= 15 is 0 Å². The van der Waals surface area contributed by atoms with Crippen LogP contribution in [0.15, 0.2) is 30.3 Å². The Bertz CT molecular complexity index is 564. The Hall–Kier alpha value is -1.39. The quantitative estimate of drug-likeness (QED) is 0.736. The number of benzene rings is 1. The molecule has 0 aromatic heterocycles. The Morgan fingerprint density at radius 1 is 1.04 bits per heavy atom. The first-order valence-corrected chi connectivity index (χ1v) is 11.0. The van der Waals surface area contributed by atoms with E-state index in [1.807, 2.05) is 4.90 Å². The number of rotatable bonds is 7. The van der Waals surface area contributed by atoms with Crippen LogP contribution in [0.5, 0.6) is 0 Å². The highest BCUT2D eigenvalue weighted by atomic mass is 16.2. The highest BCUT2D eigenvalue weighted by molar-refractivity contribution is 5.79. The van der Waals surface area contributed by atoms with Crippen molar-refractivity contribution >= 4 is 5.91 Å². The van der Waals surface area contributed by atoms with Crippen molar-refractivity contribution in [3.8, 4) is 0 Å². The van der Waals surface area contributed by atoms with Crippen molar-refractivity contribution in [1.82, 2.24) is 14.7 Å². The highest BCUT2D eigenvalue weighted by Crippen LogP contribution is 2.25. The average Bonchev–Trinajstić information content (AvgIpc) is 2.74. The fourth-order valence-corrected chi connectivity index (χ4v) is 4.77. The zero-order valence-corrected chi connectivity index (χ0v) is 17.3. The van der Waals surface area contributed by atoms with Gasteiger partial charge in [-0.25, -0.2) is 0 Å². The molecular weight excluding hydrogens is 334 g/mol. The molecule has 1 aromatic rings. The van der Waals surface area contributed by atoms with Gasteiger partial charge in [-0.3, -0.25) is 9.69 Å². The van der Waals surface area contributed by atoms with Gasteiger partial charge in [0.15, 0.2) is 0 Å². The second-order valence-electron chi connectivity index (χ2n) is 8.15. The SMILES string of the molecule is CCN(CC)C(=O)C1CCCN(C2CCN(CCc3ccccc3)CC2)C1. The molecule has 150 valence electrons. The number of likely N-dealkylation sites (tertiary alicyclic amines) is 2. The minimum atomic E-state index is 0.217. The number of piperidine rings is 2. The maximum Gasteiger partial charge on any atom is 0.226 e. The highest BCUT2D eigenvalue weighted by Gasteiger charge is 2.32. The summed E-state index contributed by atoms with van der Waals surface area (Å²) in [6, 6.07) is 11.5. The van der Waals surface area contributed by atoms with E-state index in [2.05, 4.69) is 54.0 Å². The van der Waals surface area contributed by atoms with Gasteiger partial charge in [0, 0.05) is 32.2 Å². The molecule has 2 heterocycles. The van der Waals surface area contributed by atoms with Gasteiger partial charge in [-0.2, -0.15) is 0 Å². The lowest BCUT2D eigenvalue weighted by Gasteiger charge is -2.42. The van der Waals surface area contributed by atoms with Crippen molar-refractivity contribution < 1.29 is 4.79 Å². The van der Waals surface area contributed by atoms with Crippen molar-refractivity contribution in [1.29, 1.82) is 0 Å². The second kappa shape index (κ2) is 10.2. The summed E-state index contributed by atoms with van der Waals surface area (Å²) in [4.78, 5) is 20.0. The van der Waals surface area contributed by atoms with Crippen molar-refractivity contribution in [2.24, 2.45) is 5.92 Å². The molecule has 2 saturated heterocycles. The first kappa shape index (κ1) is 20.3. The van der Waals surface area contributed by atoms with Crippen molar-refractivity contribution in [3.63, 3.8) is 0 Å². The molecule has 0 bridgehead atoms. The first-order chi connectivity index (χ1) is 13.2. The van der Waals surface area contributed by atoms with Gasteiger partial charge in [0.2, 0.25) is 5.91 Å². The van der Waals surface area contributed by atoms with Gasteiger partial charge in [-0.15, -0.1) is 0 Å². The molecule has 2 aliphatic rings. The van der Waals surface area contributed by atoms with E-state index in [4.69, 9.17) is 0 Å². The molecule has 0 radical (unpaired) electrons. The monoisotopic (exact) mass is 371 g/mol. The van der Waals surface area contributed by atoms with Crippen LogP contribution >= 0.6 is 0 Å². The van der Waals surface area contributed by atoms with Gasteiger partial charge in [0.25, 0.3) is 0 Å². The summed E-state index contributed by atoms with van der Waals surface area (Å²) >= 11 is 0. The van der Waals surface area contributed by atoms with Crippen LogP contribution in [0.3, 0.4) is 0 Å². The number of carbonyl (C=O) groups is 1. The molecule has 3 rings (SSSR count). The molecule has 27 heavy (non-hydrogen) atoms. The Morgan fingerprint density at radius 3 is 2.41 bits per heavy atom. The van der Waals surface area contributed by atoms with Crippen LogP contribution in [0, 0.1) is 5.92 Å². The third-order valence-corrected chi connectivity index (χ3v) is 6.51. The normalized spacial score (nSPS) is 22.7. The van der Waals surface area contributed by atoms with Crippen LogP contribution in [0.2, 0.25) is 0 Å². The smallest absolute Gasteiger partial charge is 0.226 e. The Labute approximate surface area is 165 Å². The maximum atomic E-state index is 12.8. The molecule has 1 aromatic carbocycles. The van der Waals surface area contributed by atoms with Crippen molar-refractivity contribution in [3.05, 3.63) is 35.9 Å². The van der Waals surface area contributed by atoms with Gasteiger partial charge in [-0.1, -0.05) is 30.3 Å². The number of hydrogen-bond acceptors (Lipinski definition) is 3. The summed E-state index contributed by atoms with van der Waals surface area (Å²) in [5.74, 6) is 0.597. The van der Waals surface area contributed by atoms with Crippen LogP contribution in [0.25, 0.3) is 0 Å². The van der Waals surface area contributed by atoms with Crippen LogP contribution in [0.4, 0.5) is 0 Å². The molecule has 4 heteroatoms. The summed E-state index contributed by atoms with van der Waals surface area (Å²) in [5.41, 5.74) is 1.44. The predicted molar refractivity (Wildman–Crippen MR) is 112 cm³/mol. The molecule has 4 nitrogen and oxygen atoms in total. The minimum absolute atomic E-state index is 0.217. The zero-order valence-electron chi connectivity index (χ0n) is 17.3. The summed E-state index contributed by atoms with van der Waals surface area (Å²) in [5, 5.41) is 0. The molecule has 0 N–H and O–H groups in total. The third-order valence-electron chi connectivity index (χ3n) is 6.51. The van der Waals surface area contributed by atoms with Gasteiger partial charge in [0.05, 0.1) is 5.92 Å². The summed E-state index contributed by atoms with van der Waals surface area (Å²) in [6.45, 7) is 11.6. The van der Waals surface area contributed by atoms with E-state index in [1.54, 1.807) is 0 Å². The van der Waals surface area contributed by atoms with Crippen LogP contribution in [0.1, 0.15) is 45.1 Å².